The van der Waals surface area contributed by atoms with Gasteiger partial charge in [0.05, 0.1) is 12.0 Å². The Hall–Kier alpha value is -1.85. The van der Waals surface area contributed by atoms with Crippen LogP contribution < -0.4 is 9.46 Å². The molecule has 0 saturated heterocycles. The Kier molecular flexibility index (Phi) is 5.44. The quantitative estimate of drug-likeness (QED) is 0.873. The molecule has 1 atom stereocenters. The SMILES string of the molecule is COc1ccc(C(C)NS(=O)(=O)c2ccc(C(C)C)cc2)cc1. The van der Waals surface area contributed by atoms with E-state index in [2.05, 4.69) is 18.6 Å². The molecule has 0 bridgehead atoms. The summed E-state index contributed by atoms with van der Waals surface area (Å²) in [7, 11) is -1.95. The molecule has 0 amide bonds. The summed E-state index contributed by atoms with van der Waals surface area (Å²) in [6.07, 6.45) is 0. The molecular formula is C18H23NO3S. The molecule has 2 aromatic carbocycles. The monoisotopic (exact) mass is 333 g/mol. The largest absolute Gasteiger partial charge is 0.497 e. The molecule has 0 aliphatic heterocycles. The van der Waals surface area contributed by atoms with Gasteiger partial charge in [-0.15, -0.1) is 0 Å². The third-order valence-electron chi connectivity index (χ3n) is 3.80. The lowest BCUT2D eigenvalue weighted by Gasteiger charge is -2.15. The molecule has 1 unspecified atom stereocenters. The van der Waals surface area contributed by atoms with E-state index in [1.165, 1.54) is 0 Å². The van der Waals surface area contributed by atoms with Gasteiger partial charge in [0.2, 0.25) is 10.0 Å². The second kappa shape index (κ2) is 7.15. The van der Waals surface area contributed by atoms with E-state index in [0.717, 1.165) is 16.9 Å². The Balaban J connectivity index is 2.15. The molecule has 0 spiro atoms. The van der Waals surface area contributed by atoms with Crippen molar-refractivity contribution in [3.8, 4) is 5.75 Å². The molecule has 2 rings (SSSR count). The van der Waals surface area contributed by atoms with Crippen molar-refractivity contribution in [2.45, 2.75) is 37.6 Å². The van der Waals surface area contributed by atoms with E-state index in [1.54, 1.807) is 19.2 Å². The zero-order chi connectivity index (χ0) is 17.0. The number of benzene rings is 2. The van der Waals surface area contributed by atoms with Crippen LogP contribution >= 0.6 is 0 Å². The fourth-order valence-corrected chi connectivity index (χ4v) is 3.53. The number of nitrogens with one attached hydrogen (secondary N) is 1. The van der Waals surface area contributed by atoms with Crippen molar-refractivity contribution < 1.29 is 13.2 Å². The molecular weight excluding hydrogens is 310 g/mol. The van der Waals surface area contributed by atoms with Gasteiger partial charge in [0, 0.05) is 6.04 Å². The number of hydrogen-bond acceptors (Lipinski definition) is 3. The summed E-state index contributed by atoms with van der Waals surface area (Å²) >= 11 is 0. The predicted octanol–water partition coefficient (Wildman–Crippen LogP) is 3.86. The molecule has 0 fully saturated rings. The molecule has 2 aromatic rings. The second-order valence-corrected chi connectivity index (χ2v) is 7.55. The van der Waals surface area contributed by atoms with E-state index >= 15 is 0 Å². The van der Waals surface area contributed by atoms with Crippen LogP contribution in [0.1, 0.15) is 43.9 Å². The lowest BCUT2D eigenvalue weighted by Crippen LogP contribution is -2.26. The van der Waals surface area contributed by atoms with Crippen molar-refractivity contribution in [3.05, 3.63) is 59.7 Å². The minimum atomic E-state index is -3.55. The Morgan fingerprint density at radius 1 is 0.870 bits per heavy atom. The maximum absolute atomic E-state index is 12.5. The zero-order valence-corrected chi connectivity index (χ0v) is 14.7. The fourth-order valence-electron chi connectivity index (χ4n) is 2.29. The third-order valence-corrected chi connectivity index (χ3v) is 5.36. The standard InChI is InChI=1S/C18H23NO3S/c1-13(2)15-7-11-18(12-8-15)23(20,21)19-14(3)16-5-9-17(22-4)10-6-16/h5-14,19H,1-4H3. The predicted molar refractivity (Wildman–Crippen MR) is 92.3 cm³/mol. The van der Waals surface area contributed by atoms with E-state index in [4.69, 9.17) is 4.74 Å². The number of methoxy groups -OCH3 is 1. The molecule has 5 heteroatoms. The average molecular weight is 333 g/mol. The van der Waals surface area contributed by atoms with Crippen molar-refractivity contribution in [1.29, 1.82) is 0 Å². The van der Waals surface area contributed by atoms with Gasteiger partial charge >= 0.3 is 0 Å². The smallest absolute Gasteiger partial charge is 0.241 e. The zero-order valence-electron chi connectivity index (χ0n) is 13.9. The average Bonchev–Trinajstić information content (AvgIpc) is 2.54. The maximum Gasteiger partial charge on any atom is 0.241 e. The van der Waals surface area contributed by atoms with Crippen LogP contribution in [-0.2, 0) is 10.0 Å². The first-order chi connectivity index (χ1) is 10.8. The van der Waals surface area contributed by atoms with Gasteiger partial charge in [-0.1, -0.05) is 38.1 Å². The summed E-state index contributed by atoms with van der Waals surface area (Å²) in [4.78, 5) is 0.280. The van der Waals surface area contributed by atoms with Crippen molar-refractivity contribution in [2.75, 3.05) is 7.11 Å². The topological polar surface area (TPSA) is 55.4 Å². The van der Waals surface area contributed by atoms with Gasteiger partial charge in [-0.3, -0.25) is 0 Å². The minimum Gasteiger partial charge on any atom is -0.497 e. The van der Waals surface area contributed by atoms with Gasteiger partial charge in [0.1, 0.15) is 5.75 Å². The molecule has 1 N–H and O–H groups in total. The van der Waals surface area contributed by atoms with Crippen molar-refractivity contribution >= 4 is 10.0 Å². The highest BCUT2D eigenvalue weighted by Crippen LogP contribution is 2.21. The number of sulfonamides is 1. The van der Waals surface area contributed by atoms with E-state index < -0.39 is 10.0 Å². The summed E-state index contributed by atoms with van der Waals surface area (Å²) in [5.74, 6) is 1.12. The normalized spacial score (nSPS) is 13.1. The van der Waals surface area contributed by atoms with Crippen LogP contribution in [0, 0.1) is 0 Å². The second-order valence-electron chi connectivity index (χ2n) is 5.84. The number of hydrogen-bond donors (Lipinski definition) is 1. The summed E-state index contributed by atoms with van der Waals surface area (Å²) in [6.45, 7) is 5.98. The summed E-state index contributed by atoms with van der Waals surface area (Å²) in [5.41, 5.74) is 2.00. The van der Waals surface area contributed by atoms with Crippen LogP contribution in [0.25, 0.3) is 0 Å². The minimum absolute atomic E-state index is 0.280. The highest BCUT2D eigenvalue weighted by molar-refractivity contribution is 7.89. The summed E-state index contributed by atoms with van der Waals surface area (Å²) in [5, 5.41) is 0. The Bertz CT molecular complexity index is 735. The molecule has 0 heterocycles. The van der Waals surface area contributed by atoms with E-state index in [-0.39, 0.29) is 10.9 Å². The number of ether oxygens (including phenoxy) is 1. The Morgan fingerprint density at radius 3 is 1.87 bits per heavy atom. The lowest BCUT2D eigenvalue weighted by atomic mass is 10.0. The van der Waals surface area contributed by atoms with Crippen LogP contribution in [0.4, 0.5) is 0 Å². The van der Waals surface area contributed by atoms with Gasteiger partial charge < -0.3 is 4.74 Å². The third kappa shape index (κ3) is 4.33. The Morgan fingerprint density at radius 2 is 1.39 bits per heavy atom. The van der Waals surface area contributed by atoms with Crippen molar-refractivity contribution in [3.63, 3.8) is 0 Å². The van der Waals surface area contributed by atoms with Gasteiger partial charge in [-0.2, -0.15) is 0 Å². The first-order valence-corrected chi connectivity index (χ1v) is 9.08. The van der Waals surface area contributed by atoms with Crippen molar-refractivity contribution in [1.82, 2.24) is 4.72 Å². The molecule has 4 nitrogen and oxygen atoms in total. The molecule has 0 aromatic heterocycles. The maximum atomic E-state index is 12.5. The van der Waals surface area contributed by atoms with E-state index in [1.807, 2.05) is 43.3 Å². The fraction of sp³-hybridized carbons (Fsp3) is 0.333. The van der Waals surface area contributed by atoms with Crippen LogP contribution in [0.5, 0.6) is 5.75 Å². The summed E-state index contributed by atoms with van der Waals surface area (Å²) in [6, 6.07) is 14.0. The Labute approximate surface area is 138 Å². The summed E-state index contributed by atoms with van der Waals surface area (Å²) < 4.78 is 32.8. The van der Waals surface area contributed by atoms with Crippen molar-refractivity contribution in [2.24, 2.45) is 0 Å². The molecule has 0 saturated carbocycles. The van der Waals surface area contributed by atoms with Crippen LogP contribution in [0.15, 0.2) is 53.4 Å². The highest BCUT2D eigenvalue weighted by atomic mass is 32.2. The number of rotatable bonds is 6. The molecule has 0 aliphatic carbocycles. The molecule has 0 radical (unpaired) electrons. The van der Waals surface area contributed by atoms with Crippen LogP contribution in [0.2, 0.25) is 0 Å². The van der Waals surface area contributed by atoms with Gasteiger partial charge in [-0.05, 0) is 48.2 Å². The van der Waals surface area contributed by atoms with Gasteiger partial charge in [0.25, 0.3) is 0 Å². The van der Waals surface area contributed by atoms with Crippen LogP contribution in [0.3, 0.4) is 0 Å². The molecule has 124 valence electrons. The molecule has 23 heavy (non-hydrogen) atoms. The first kappa shape index (κ1) is 17.5. The lowest BCUT2D eigenvalue weighted by molar-refractivity contribution is 0.414. The van der Waals surface area contributed by atoms with Gasteiger partial charge in [-0.25, -0.2) is 13.1 Å². The van der Waals surface area contributed by atoms with E-state index in [9.17, 15) is 8.42 Å². The van der Waals surface area contributed by atoms with Gasteiger partial charge in [0.15, 0.2) is 0 Å². The van der Waals surface area contributed by atoms with E-state index in [0.29, 0.717) is 5.92 Å². The first-order valence-electron chi connectivity index (χ1n) is 7.59. The highest BCUT2D eigenvalue weighted by Gasteiger charge is 2.18. The van der Waals surface area contributed by atoms with Crippen LogP contribution in [-0.4, -0.2) is 15.5 Å². The molecule has 0 aliphatic rings.